The molecular weight excluding hydrogens is 80.0 g/mol. The molecule has 0 amide bonds. The average Bonchev–Trinajstić information content (AvgIpc) is 2.06. The first-order valence-corrected chi connectivity index (χ1v) is 2.10. The first kappa shape index (κ1) is 4.09. The third-order valence-corrected chi connectivity index (χ3v) is 0.897. The highest BCUT2D eigenvalue weighted by atomic mass is 16.6. The summed E-state index contributed by atoms with van der Waals surface area (Å²) in [5.74, 6) is 0. The molecule has 1 rings (SSSR count). The molecule has 0 unspecified atom stereocenters. The quantitative estimate of drug-likeness (QED) is 0.449. The molecule has 1 aliphatic rings. The van der Waals surface area contributed by atoms with Gasteiger partial charge in [-0.15, -0.1) is 0 Å². The van der Waals surface area contributed by atoms with Gasteiger partial charge in [0.2, 0.25) is 0 Å². The average molecular weight is 88.1 g/mol. The molecule has 0 bridgehead atoms. The van der Waals surface area contributed by atoms with E-state index in [4.69, 9.17) is 9.84 Å². The molecule has 0 aliphatic carbocycles. The van der Waals surface area contributed by atoms with Crippen molar-refractivity contribution in [2.45, 2.75) is 19.1 Å². The third kappa shape index (κ3) is 0.698. The fourth-order valence-corrected chi connectivity index (χ4v) is 0.334. The van der Waals surface area contributed by atoms with E-state index in [9.17, 15) is 0 Å². The van der Waals surface area contributed by atoms with Crippen LogP contribution in [-0.4, -0.2) is 23.9 Å². The Balaban J connectivity index is 2.13. The Morgan fingerprint density at radius 2 is 2.50 bits per heavy atom. The molecule has 1 aliphatic heterocycles. The Bertz CT molecular complexity index is 47.5. The second-order valence-corrected chi connectivity index (χ2v) is 1.61. The molecule has 0 aromatic rings. The van der Waals surface area contributed by atoms with Crippen LogP contribution in [0.2, 0.25) is 0 Å². The van der Waals surface area contributed by atoms with Crippen LogP contribution in [0.1, 0.15) is 6.92 Å². The predicted molar refractivity (Wildman–Crippen MR) is 21.4 cm³/mol. The molecule has 2 nitrogen and oxygen atoms in total. The maximum absolute atomic E-state index is 8.57. The van der Waals surface area contributed by atoms with Gasteiger partial charge in [0.15, 0.2) is 0 Å². The summed E-state index contributed by atoms with van der Waals surface area (Å²) < 4.78 is 4.72. The SMILES string of the molecule is C[C@H](O)[C@@H]1CO1. The number of aliphatic hydroxyl groups excluding tert-OH is 1. The second-order valence-electron chi connectivity index (χ2n) is 1.61. The summed E-state index contributed by atoms with van der Waals surface area (Å²) in [6, 6.07) is 0. The van der Waals surface area contributed by atoms with Gasteiger partial charge in [-0.3, -0.25) is 0 Å². The lowest BCUT2D eigenvalue weighted by Crippen LogP contribution is -2.07. The van der Waals surface area contributed by atoms with Crippen molar-refractivity contribution in [2.75, 3.05) is 6.61 Å². The van der Waals surface area contributed by atoms with Gasteiger partial charge in [-0.1, -0.05) is 0 Å². The van der Waals surface area contributed by atoms with Crippen LogP contribution >= 0.6 is 0 Å². The van der Waals surface area contributed by atoms with Crippen LogP contribution in [0.15, 0.2) is 0 Å². The van der Waals surface area contributed by atoms with Crippen LogP contribution in [0.5, 0.6) is 0 Å². The zero-order valence-electron chi connectivity index (χ0n) is 3.72. The molecular formula is C4H8O2. The maximum Gasteiger partial charge on any atom is 0.106 e. The Kier molecular flexibility index (Phi) is 0.821. The van der Waals surface area contributed by atoms with E-state index in [-0.39, 0.29) is 12.2 Å². The zero-order chi connectivity index (χ0) is 4.57. The van der Waals surface area contributed by atoms with Gasteiger partial charge in [0, 0.05) is 0 Å². The van der Waals surface area contributed by atoms with E-state index in [0.29, 0.717) is 0 Å². The number of hydrogen-bond acceptors (Lipinski definition) is 2. The van der Waals surface area contributed by atoms with Crippen LogP contribution in [-0.2, 0) is 4.74 Å². The Hall–Kier alpha value is -0.0800. The van der Waals surface area contributed by atoms with Crippen molar-refractivity contribution in [3.63, 3.8) is 0 Å². The van der Waals surface area contributed by atoms with E-state index in [1.165, 1.54) is 0 Å². The van der Waals surface area contributed by atoms with Crippen LogP contribution in [0.25, 0.3) is 0 Å². The fraction of sp³-hybridized carbons (Fsp3) is 1.00. The van der Waals surface area contributed by atoms with Crippen LogP contribution in [0.4, 0.5) is 0 Å². The second kappa shape index (κ2) is 1.21. The van der Waals surface area contributed by atoms with E-state index in [1.54, 1.807) is 6.92 Å². The summed E-state index contributed by atoms with van der Waals surface area (Å²) >= 11 is 0. The number of ether oxygens (including phenoxy) is 1. The van der Waals surface area contributed by atoms with Gasteiger partial charge in [-0.25, -0.2) is 0 Å². The van der Waals surface area contributed by atoms with Crippen LogP contribution < -0.4 is 0 Å². The van der Waals surface area contributed by atoms with Crippen LogP contribution in [0.3, 0.4) is 0 Å². The lowest BCUT2D eigenvalue weighted by Gasteiger charge is -1.90. The van der Waals surface area contributed by atoms with Gasteiger partial charge in [0.05, 0.1) is 12.7 Å². The molecule has 6 heavy (non-hydrogen) atoms. The molecule has 0 saturated carbocycles. The summed E-state index contributed by atoms with van der Waals surface area (Å²) in [5.41, 5.74) is 0. The molecule has 0 radical (unpaired) electrons. The number of hydrogen-bond donors (Lipinski definition) is 1. The molecule has 2 heteroatoms. The van der Waals surface area contributed by atoms with E-state index in [1.807, 2.05) is 0 Å². The largest absolute Gasteiger partial charge is 0.391 e. The first-order valence-electron chi connectivity index (χ1n) is 2.10. The summed E-state index contributed by atoms with van der Waals surface area (Å²) in [6.07, 6.45) is -0.102. The maximum atomic E-state index is 8.57. The lowest BCUT2D eigenvalue weighted by atomic mass is 10.3. The number of aliphatic hydroxyl groups is 1. The van der Waals surface area contributed by atoms with Gasteiger partial charge in [-0.05, 0) is 6.92 Å². The third-order valence-electron chi connectivity index (χ3n) is 0.897. The topological polar surface area (TPSA) is 32.8 Å². The van der Waals surface area contributed by atoms with Crippen molar-refractivity contribution in [3.05, 3.63) is 0 Å². The minimum absolute atomic E-state index is 0.157. The van der Waals surface area contributed by atoms with Gasteiger partial charge < -0.3 is 9.84 Å². The van der Waals surface area contributed by atoms with Crippen molar-refractivity contribution >= 4 is 0 Å². The fourth-order valence-electron chi connectivity index (χ4n) is 0.334. The summed E-state index contributed by atoms with van der Waals surface area (Å²) in [5, 5.41) is 8.57. The highest BCUT2D eigenvalue weighted by Crippen LogP contribution is 2.12. The van der Waals surface area contributed by atoms with Crippen molar-refractivity contribution in [1.29, 1.82) is 0 Å². The molecule has 1 heterocycles. The molecule has 36 valence electrons. The molecule has 1 fully saturated rings. The molecule has 1 saturated heterocycles. The first-order chi connectivity index (χ1) is 2.80. The van der Waals surface area contributed by atoms with Gasteiger partial charge >= 0.3 is 0 Å². The summed E-state index contributed by atoms with van der Waals surface area (Å²) in [6.45, 7) is 2.48. The van der Waals surface area contributed by atoms with Crippen molar-refractivity contribution < 1.29 is 9.84 Å². The van der Waals surface area contributed by atoms with E-state index in [0.717, 1.165) is 6.61 Å². The normalized spacial score (nSPS) is 36.0. The highest BCUT2D eigenvalue weighted by Gasteiger charge is 2.27. The van der Waals surface area contributed by atoms with Crippen LogP contribution in [0, 0.1) is 0 Å². The summed E-state index contributed by atoms with van der Waals surface area (Å²) in [7, 11) is 0. The summed E-state index contributed by atoms with van der Waals surface area (Å²) in [4.78, 5) is 0. The predicted octanol–water partition coefficient (Wildman–Crippen LogP) is -0.234. The number of rotatable bonds is 1. The molecule has 1 N–H and O–H groups in total. The standard InChI is InChI=1S/C4H8O2/c1-3(5)4-2-6-4/h3-5H,2H2,1H3/t3-,4-/m0/s1. The Morgan fingerprint density at radius 3 is 2.50 bits per heavy atom. The molecule has 0 aromatic carbocycles. The zero-order valence-corrected chi connectivity index (χ0v) is 3.72. The smallest absolute Gasteiger partial charge is 0.106 e. The van der Waals surface area contributed by atoms with Gasteiger partial charge in [-0.2, -0.15) is 0 Å². The van der Waals surface area contributed by atoms with Crippen molar-refractivity contribution in [3.8, 4) is 0 Å². The molecule has 2 atom stereocenters. The highest BCUT2D eigenvalue weighted by molar-refractivity contribution is 4.73. The van der Waals surface area contributed by atoms with E-state index < -0.39 is 0 Å². The van der Waals surface area contributed by atoms with E-state index >= 15 is 0 Å². The monoisotopic (exact) mass is 88.1 g/mol. The Morgan fingerprint density at radius 1 is 2.00 bits per heavy atom. The van der Waals surface area contributed by atoms with Crippen molar-refractivity contribution in [1.82, 2.24) is 0 Å². The lowest BCUT2D eigenvalue weighted by molar-refractivity contribution is 0.153. The van der Waals surface area contributed by atoms with Gasteiger partial charge in [0.25, 0.3) is 0 Å². The minimum atomic E-state index is -0.259. The molecule has 0 aromatic heterocycles. The number of epoxide rings is 1. The van der Waals surface area contributed by atoms with Crippen molar-refractivity contribution in [2.24, 2.45) is 0 Å². The van der Waals surface area contributed by atoms with E-state index in [2.05, 4.69) is 0 Å². The molecule has 0 spiro atoms. The Labute approximate surface area is 36.7 Å². The van der Waals surface area contributed by atoms with Gasteiger partial charge in [0.1, 0.15) is 6.10 Å². The minimum Gasteiger partial charge on any atom is -0.391 e.